The Hall–Kier alpha value is -2.92. The maximum atomic E-state index is 10.8. The summed E-state index contributed by atoms with van der Waals surface area (Å²) in [6, 6.07) is 11.9. The highest BCUT2D eigenvalue weighted by Crippen LogP contribution is 2.72. The fourth-order valence-electron chi connectivity index (χ4n) is 12.5. The van der Waals surface area contributed by atoms with E-state index >= 15 is 0 Å². The second-order valence-corrected chi connectivity index (χ2v) is 18.8. The molecule has 0 amide bonds. The minimum absolute atomic E-state index is 0.00163. The van der Waals surface area contributed by atoms with Gasteiger partial charge in [0, 0.05) is 23.3 Å². The van der Waals surface area contributed by atoms with Crippen LogP contribution in [0.5, 0.6) is 23.0 Å². The van der Waals surface area contributed by atoms with E-state index < -0.39 is 0 Å². The first-order valence-corrected chi connectivity index (χ1v) is 20.4. The number of ether oxygens (including phenoxy) is 4. The van der Waals surface area contributed by atoms with E-state index in [-0.39, 0.29) is 23.5 Å². The lowest BCUT2D eigenvalue weighted by molar-refractivity contribution is -0.0962. The van der Waals surface area contributed by atoms with Crippen LogP contribution in [0, 0.1) is 39.4 Å². The zero-order valence-corrected chi connectivity index (χ0v) is 33.9. The summed E-state index contributed by atoms with van der Waals surface area (Å²) in [5, 5.41) is 10.8. The molecule has 8 rings (SSSR count). The van der Waals surface area contributed by atoms with E-state index in [1.54, 1.807) is 14.2 Å². The van der Waals surface area contributed by atoms with Crippen LogP contribution in [0.4, 0.5) is 0 Å². The summed E-state index contributed by atoms with van der Waals surface area (Å²) < 4.78 is 22.6. The van der Waals surface area contributed by atoms with Crippen molar-refractivity contribution in [3.05, 3.63) is 70.3 Å². The van der Waals surface area contributed by atoms with Crippen molar-refractivity contribution < 1.29 is 24.1 Å². The summed E-state index contributed by atoms with van der Waals surface area (Å²) in [4.78, 5) is 0. The highest BCUT2D eigenvalue weighted by molar-refractivity contribution is 5.52. The van der Waals surface area contributed by atoms with E-state index in [0.717, 1.165) is 46.8 Å². The van der Waals surface area contributed by atoms with Gasteiger partial charge in [-0.05, 0) is 136 Å². The van der Waals surface area contributed by atoms with Gasteiger partial charge in [-0.1, -0.05) is 70.4 Å². The van der Waals surface area contributed by atoms with E-state index in [1.165, 1.54) is 68.9 Å². The SMILES string of the molecule is CC(C)=CCCC(C)C1CCC2(C)C3=C(CCC12C)C1(C)CCC(O)C(C)(C)C1CC3.COc1ccc2c(c1)OC1c3ccc(OC)cc3OCC21. The molecular formula is C47H66O5. The van der Waals surface area contributed by atoms with Crippen LogP contribution in [0.3, 0.4) is 0 Å². The average molecular weight is 711 g/mol. The maximum Gasteiger partial charge on any atom is 0.138 e. The van der Waals surface area contributed by atoms with Crippen molar-refractivity contribution in [3.63, 3.8) is 0 Å². The third kappa shape index (κ3) is 5.91. The number of aliphatic hydroxyl groups excluding tert-OH is 1. The van der Waals surface area contributed by atoms with Gasteiger partial charge in [-0.3, -0.25) is 0 Å². The monoisotopic (exact) mass is 710 g/mol. The average Bonchev–Trinajstić information content (AvgIpc) is 3.64. The molecule has 0 spiro atoms. The second kappa shape index (κ2) is 13.7. The summed E-state index contributed by atoms with van der Waals surface area (Å²) in [7, 11) is 3.32. The van der Waals surface area contributed by atoms with Gasteiger partial charge in [0.15, 0.2) is 0 Å². The predicted octanol–water partition coefficient (Wildman–Crippen LogP) is 11.8. The number of aliphatic hydroxyl groups is 1. The van der Waals surface area contributed by atoms with Gasteiger partial charge in [-0.2, -0.15) is 0 Å². The summed E-state index contributed by atoms with van der Waals surface area (Å²) in [5.41, 5.74) is 8.66. The summed E-state index contributed by atoms with van der Waals surface area (Å²) in [5.74, 6) is 5.88. The van der Waals surface area contributed by atoms with Crippen molar-refractivity contribution in [2.75, 3.05) is 20.8 Å². The number of fused-ring (bicyclic) bond motifs is 9. The summed E-state index contributed by atoms with van der Waals surface area (Å²) in [6.45, 7) is 20.2. The Morgan fingerprint density at radius 1 is 0.865 bits per heavy atom. The molecule has 0 bridgehead atoms. The Bertz CT molecular complexity index is 1720. The molecule has 2 aliphatic heterocycles. The van der Waals surface area contributed by atoms with Crippen molar-refractivity contribution in [1.82, 2.24) is 0 Å². The second-order valence-electron chi connectivity index (χ2n) is 18.8. The highest BCUT2D eigenvalue weighted by atomic mass is 16.5. The van der Waals surface area contributed by atoms with Crippen LogP contribution in [-0.2, 0) is 0 Å². The van der Waals surface area contributed by atoms with Gasteiger partial charge < -0.3 is 24.1 Å². The number of methoxy groups -OCH3 is 2. The molecule has 2 fully saturated rings. The molecule has 6 aliphatic rings. The molecule has 4 aliphatic carbocycles. The topological polar surface area (TPSA) is 57.2 Å². The Labute approximate surface area is 314 Å². The van der Waals surface area contributed by atoms with E-state index in [9.17, 15) is 5.11 Å². The first-order chi connectivity index (χ1) is 24.7. The fourth-order valence-corrected chi connectivity index (χ4v) is 12.5. The van der Waals surface area contributed by atoms with Crippen LogP contribution >= 0.6 is 0 Å². The first kappa shape index (κ1) is 37.4. The van der Waals surface area contributed by atoms with Crippen molar-refractivity contribution in [3.8, 4) is 23.0 Å². The van der Waals surface area contributed by atoms with Crippen LogP contribution < -0.4 is 18.9 Å². The van der Waals surface area contributed by atoms with E-state index in [2.05, 4.69) is 67.5 Å². The van der Waals surface area contributed by atoms with Gasteiger partial charge in [0.2, 0.25) is 0 Å². The third-order valence-corrected chi connectivity index (χ3v) is 15.8. The Morgan fingerprint density at radius 2 is 1.56 bits per heavy atom. The van der Waals surface area contributed by atoms with Gasteiger partial charge in [-0.25, -0.2) is 0 Å². The molecule has 0 radical (unpaired) electrons. The maximum absolute atomic E-state index is 10.8. The molecule has 5 nitrogen and oxygen atoms in total. The molecule has 9 atom stereocenters. The molecule has 0 aromatic heterocycles. The largest absolute Gasteiger partial charge is 0.497 e. The zero-order valence-electron chi connectivity index (χ0n) is 33.9. The van der Waals surface area contributed by atoms with E-state index in [0.29, 0.717) is 28.8 Å². The number of benzene rings is 2. The lowest BCUT2D eigenvalue weighted by Crippen LogP contribution is -2.55. The Morgan fingerprint density at radius 3 is 2.25 bits per heavy atom. The van der Waals surface area contributed by atoms with Crippen LogP contribution in [0.25, 0.3) is 0 Å². The number of hydrogen-bond acceptors (Lipinski definition) is 5. The molecule has 2 heterocycles. The minimum Gasteiger partial charge on any atom is -0.497 e. The van der Waals surface area contributed by atoms with Gasteiger partial charge in [-0.15, -0.1) is 0 Å². The van der Waals surface area contributed by atoms with E-state index in [1.807, 2.05) is 41.5 Å². The molecule has 9 unspecified atom stereocenters. The summed E-state index contributed by atoms with van der Waals surface area (Å²) >= 11 is 0. The molecule has 5 heteroatoms. The fraction of sp³-hybridized carbons (Fsp3) is 0.660. The molecule has 2 saturated carbocycles. The zero-order chi connectivity index (χ0) is 37.2. The van der Waals surface area contributed by atoms with Gasteiger partial charge in [0.1, 0.15) is 29.1 Å². The normalized spacial score (nSPS) is 35.4. The predicted molar refractivity (Wildman–Crippen MR) is 210 cm³/mol. The Kier molecular flexibility index (Phi) is 9.88. The van der Waals surface area contributed by atoms with Crippen molar-refractivity contribution in [2.45, 2.75) is 138 Å². The highest BCUT2D eigenvalue weighted by Gasteiger charge is 2.63. The molecule has 52 heavy (non-hydrogen) atoms. The standard InChI is InChI=1S/C30H50O.C17H16O4/c1-20(2)10-9-11-21(3)22-14-18-30(8)24-12-13-25-27(4,5)26(31)16-17-28(25,6)23(24)15-19-29(22,30)7;1-18-10-4-6-13-15(7-10)20-9-14-12-5-3-11(19-2)8-16(12)21-17(13)14/h10,21-22,25-26,31H,9,11-19H2,1-8H3;3-8,14,17H,9H2,1-2H3. The van der Waals surface area contributed by atoms with Crippen molar-refractivity contribution in [2.24, 2.45) is 39.4 Å². The van der Waals surface area contributed by atoms with Gasteiger partial charge >= 0.3 is 0 Å². The minimum atomic E-state index is -0.130. The first-order valence-electron chi connectivity index (χ1n) is 20.4. The molecule has 2 aromatic carbocycles. The Balaban J connectivity index is 0.000000174. The summed E-state index contributed by atoms with van der Waals surface area (Å²) in [6.07, 6.45) is 15.2. The number of rotatable bonds is 6. The lowest BCUT2D eigenvalue weighted by Gasteiger charge is -2.62. The molecular weight excluding hydrogens is 645 g/mol. The van der Waals surface area contributed by atoms with Crippen LogP contribution in [-0.4, -0.2) is 32.0 Å². The third-order valence-electron chi connectivity index (χ3n) is 15.8. The van der Waals surface area contributed by atoms with Crippen molar-refractivity contribution >= 4 is 0 Å². The molecule has 284 valence electrons. The van der Waals surface area contributed by atoms with Crippen LogP contribution in [0.15, 0.2) is 59.2 Å². The van der Waals surface area contributed by atoms with E-state index in [4.69, 9.17) is 18.9 Å². The smallest absolute Gasteiger partial charge is 0.138 e. The molecule has 2 aromatic rings. The van der Waals surface area contributed by atoms with Gasteiger partial charge in [0.25, 0.3) is 0 Å². The van der Waals surface area contributed by atoms with Crippen LogP contribution in [0.1, 0.15) is 143 Å². The molecule has 0 saturated heterocycles. The van der Waals surface area contributed by atoms with Crippen LogP contribution in [0.2, 0.25) is 0 Å². The lowest BCUT2D eigenvalue weighted by atomic mass is 9.43. The molecule has 1 N–H and O–H groups in total. The van der Waals surface area contributed by atoms with Gasteiger partial charge in [0.05, 0.1) is 32.8 Å². The van der Waals surface area contributed by atoms with Crippen molar-refractivity contribution in [1.29, 1.82) is 0 Å². The quantitative estimate of drug-likeness (QED) is 0.303. The number of allylic oxidation sites excluding steroid dienone is 4. The number of hydrogen-bond donors (Lipinski definition) is 1.